The van der Waals surface area contributed by atoms with Crippen molar-refractivity contribution in [1.82, 2.24) is 10.3 Å². The number of nitrogens with one attached hydrogen (secondary N) is 1. The molecule has 0 bridgehead atoms. The van der Waals surface area contributed by atoms with Crippen molar-refractivity contribution in [2.24, 2.45) is 0 Å². The van der Waals surface area contributed by atoms with E-state index in [9.17, 15) is 4.79 Å². The molecule has 0 aliphatic carbocycles. The van der Waals surface area contributed by atoms with Crippen LogP contribution in [0.15, 0.2) is 18.5 Å². The highest BCUT2D eigenvalue weighted by atomic mass is 35.5. The maximum atomic E-state index is 12.0. The van der Waals surface area contributed by atoms with Gasteiger partial charge in [-0.05, 0) is 11.6 Å². The second-order valence-corrected chi connectivity index (χ2v) is 5.25. The smallest absolute Gasteiger partial charge is 0.154 e. The van der Waals surface area contributed by atoms with E-state index >= 15 is 0 Å². The van der Waals surface area contributed by atoms with Gasteiger partial charge >= 0.3 is 0 Å². The zero-order valence-corrected chi connectivity index (χ0v) is 10.4. The predicted octanol–water partition coefficient (Wildman–Crippen LogP) is 1.55. The first-order valence-electron chi connectivity index (χ1n) is 5.19. The highest BCUT2D eigenvalue weighted by Gasteiger charge is 2.21. The lowest BCUT2D eigenvalue weighted by atomic mass is 10.1. The first-order valence-corrected chi connectivity index (χ1v) is 6.73. The monoisotopic (exact) mass is 256 g/mol. The fourth-order valence-electron chi connectivity index (χ4n) is 1.63. The molecule has 1 aromatic rings. The summed E-state index contributed by atoms with van der Waals surface area (Å²) in [5.74, 6) is 2.15. The molecule has 16 heavy (non-hydrogen) atoms. The Balaban J connectivity index is 1.99. The Bertz CT molecular complexity index is 380. The first-order chi connectivity index (χ1) is 7.77. The van der Waals surface area contributed by atoms with Gasteiger partial charge < -0.3 is 5.32 Å². The van der Waals surface area contributed by atoms with Crippen LogP contribution in [0.1, 0.15) is 5.56 Å². The van der Waals surface area contributed by atoms with Gasteiger partial charge in [0.1, 0.15) is 0 Å². The number of carbonyl (C=O) groups is 1. The summed E-state index contributed by atoms with van der Waals surface area (Å²) in [4.78, 5) is 15.9. The number of rotatable bonds is 3. The van der Waals surface area contributed by atoms with Gasteiger partial charge in [0.25, 0.3) is 0 Å². The molecule has 1 aliphatic rings. The minimum absolute atomic E-state index is 0.0250. The lowest BCUT2D eigenvalue weighted by Crippen LogP contribution is -2.44. The van der Waals surface area contributed by atoms with E-state index in [-0.39, 0.29) is 11.8 Å². The Morgan fingerprint density at radius 3 is 3.25 bits per heavy atom. The van der Waals surface area contributed by atoms with Crippen molar-refractivity contribution in [3.05, 3.63) is 29.0 Å². The number of thioether (sulfide) groups is 1. The highest BCUT2D eigenvalue weighted by Crippen LogP contribution is 2.16. The Labute approximate surface area is 104 Å². The SMILES string of the molecule is O=C(Cc1ccncc1Cl)C1CSCCN1. The van der Waals surface area contributed by atoms with Gasteiger partial charge in [-0.1, -0.05) is 11.6 Å². The van der Waals surface area contributed by atoms with E-state index in [2.05, 4.69) is 10.3 Å². The molecule has 1 aliphatic heterocycles. The summed E-state index contributed by atoms with van der Waals surface area (Å²) in [7, 11) is 0. The molecule has 0 spiro atoms. The quantitative estimate of drug-likeness (QED) is 0.891. The molecular formula is C11H13ClN2OS. The average molecular weight is 257 g/mol. The molecular weight excluding hydrogens is 244 g/mol. The standard InChI is InChI=1S/C11H13ClN2OS/c12-9-6-13-2-1-8(9)5-11(15)10-7-16-4-3-14-10/h1-2,6,10,14H,3-5,7H2. The van der Waals surface area contributed by atoms with E-state index < -0.39 is 0 Å². The minimum Gasteiger partial charge on any atom is -0.306 e. The van der Waals surface area contributed by atoms with Gasteiger partial charge in [0, 0.05) is 36.9 Å². The molecule has 1 fully saturated rings. The fourth-order valence-corrected chi connectivity index (χ4v) is 2.78. The van der Waals surface area contributed by atoms with Crippen molar-refractivity contribution in [3.8, 4) is 0 Å². The molecule has 1 atom stereocenters. The lowest BCUT2D eigenvalue weighted by molar-refractivity contribution is -0.119. The van der Waals surface area contributed by atoms with Crippen LogP contribution in [-0.4, -0.2) is 34.9 Å². The van der Waals surface area contributed by atoms with E-state index in [1.165, 1.54) is 0 Å². The summed E-state index contributed by atoms with van der Waals surface area (Å²) in [5, 5.41) is 3.80. The van der Waals surface area contributed by atoms with Crippen molar-refractivity contribution < 1.29 is 4.79 Å². The number of ketones is 1. The molecule has 2 rings (SSSR count). The Morgan fingerprint density at radius 2 is 2.56 bits per heavy atom. The maximum Gasteiger partial charge on any atom is 0.154 e. The maximum absolute atomic E-state index is 12.0. The normalized spacial score (nSPS) is 20.7. The van der Waals surface area contributed by atoms with Gasteiger partial charge in [0.15, 0.2) is 5.78 Å². The third kappa shape index (κ3) is 2.97. The van der Waals surface area contributed by atoms with Gasteiger partial charge in [-0.25, -0.2) is 0 Å². The van der Waals surface area contributed by atoms with Gasteiger partial charge in [-0.15, -0.1) is 0 Å². The van der Waals surface area contributed by atoms with Crippen LogP contribution < -0.4 is 5.32 Å². The van der Waals surface area contributed by atoms with Crippen molar-refractivity contribution in [1.29, 1.82) is 0 Å². The van der Waals surface area contributed by atoms with Crippen LogP contribution in [0.25, 0.3) is 0 Å². The second-order valence-electron chi connectivity index (χ2n) is 3.69. The van der Waals surface area contributed by atoms with Crippen LogP contribution >= 0.6 is 23.4 Å². The van der Waals surface area contributed by atoms with E-state index in [0.717, 1.165) is 23.6 Å². The molecule has 3 nitrogen and oxygen atoms in total. The summed E-state index contributed by atoms with van der Waals surface area (Å²) in [6, 6.07) is 1.78. The molecule has 1 saturated heterocycles. The van der Waals surface area contributed by atoms with Crippen LogP contribution in [0.4, 0.5) is 0 Å². The number of carbonyl (C=O) groups excluding carboxylic acids is 1. The number of pyridine rings is 1. The number of Topliss-reactive ketones (excluding diaryl/α,β-unsaturated/α-hetero) is 1. The zero-order valence-electron chi connectivity index (χ0n) is 8.78. The van der Waals surface area contributed by atoms with Crippen molar-refractivity contribution >= 4 is 29.1 Å². The van der Waals surface area contributed by atoms with E-state index in [4.69, 9.17) is 11.6 Å². The Morgan fingerprint density at radius 1 is 1.69 bits per heavy atom. The van der Waals surface area contributed by atoms with Crippen LogP contribution in [0, 0.1) is 0 Å². The molecule has 86 valence electrons. The third-order valence-corrected chi connectivity index (χ3v) is 3.93. The topological polar surface area (TPSA) is 42.0 Å². The lowest BCUT2D eigenvalue weighted by Gasteiger charge is -2.21. The van der Waals surface area contributed by atoms with Crippen LogP contribution in [-0.2, 0) is 11.2 Å². The van der Waals surface area contributed by atoms with Crippen molar-refractivity contribution in [2.45, 2.75) is 12.5 Å². The Kier molecular flexibility index (Phi) is 4.21. The molecule has 0 radical (unpaired) electrons. The second kappa shape index (κ2) is 5.66. The summed E-state index contributed by atoms with van der Waals surface area (Å²) in [6.07, 6.45) is 3.63. The van der Waals surface area contributed by atoms with E-state index in [1.54, 1.807) is 18.5 Å². The molecule has 5 heteroatoms. The summed E-state index contributed by atoms with van der Waals surface area (Å²) < 4.78 is 0. The van der Waals surface area contributed by atoms with E-state index in [1.807, 2.05) is 11.8 Å². The van der Waals surface area contributed by atoms with Crippen LogP contribution in [0.3, 0.4) is 0 Å². The molecule has 2 heterocycles. The summed E-state index contributed by atoms with van der Waals surface area (Å²) >= 11 is 7.78. The Hall–Kier alpha value is -0.580. The number of nitrogens with zero attached hydrogens (tertiary/aromatic N) is 1. The van der Waals surface area contributed by atoms with Gasteiger partial charge in [0.05, 0.1) is 11.1 Å². The van der Waals surface area contributed by atoms with Crippen LogP contribution in [0.2, 0.25) is 5.02 Å². The highest BCUT2D eigenvalue weighted by molar-refractivity contribution is 7.99. The number of aromatic nitrogens is 1. The van der Waals surface area contributed by atoms with Crippen molar-refractivity contribution in [2.75, 3.05) is 18.1 Å². The summed E-state index contributed by atoms with van der Waals surface area (Å²) in [5.41, 5.74) is 0.860. The minimum atomic E-state index is -0.0250. The molecule has 1 unspecified atom stereocenters. The number of hydrogen-bond acceptors (Lipinski definition) is 4. The molecule has 0 saturated carbocycles. The fraction of sp³-hybridized carbons (Fsp3) is 0.455. The predicted molar refractivity (Wildman–Crippen MR) is 67.1 cm³/mol. The largest absolute Gasteiger partial charge is 0.306 e. The average Bonchev–Trinajstić information content (AvgIpc) is 2.33. The molecule has 1 N–H and O–H groups in total. The van der Waals surface area contributed by atoms with Crippen molar-refractivity contribution in [3.63, 3.8) is 0 Å². The first kappa shape index (κ1) is 11.9. The van der Waals surface area contributed by atoms with Gasteiger partial charge in [-0.2, -0.15) is 11.8 Å². The number of hydrogen-bond donors (Lipinski definition) is 1. The van der Waals surface area contributed by atoms with E-state index in [0.29, 0.717) is 11.4 Å². The molecule has 1 aromatic heterocycles. The number of halogens is 1. The van der Waals surface area contributed by atoms with Crippen LogP contribution in [0.5, 0.6) is 0 Å². The summed E-state index contributed by atoms with van der Waals surface area (Å²) in [6.45, 7) is 0.908. The molecule has 0 aromatic carbocycles. The zero-order chi connectivity index (χ0) is 11.4. The third-order valence-electron chi connectivity index (χ3n) is 2.53. The molecule has 0 amide bonds. The van der Waals surface area contributed by atoms with Gasteiger partial charge in [0.2, 0.25) is 0 Å². The van der Waals surface area contributed by atoms with Gasteiger partial charge in [-0.3, -0.25) is 9.78 Å².